The Kier molecular flexibility index (Phi) is 6.37. The van der Waals surface area contributed by atoms with Crippen LogP contribution < -0.4 is 4.90 Å². The maximum Gasteiger partial charge on any atom is 0.463 e. The highest BCUT2D eigenvalue weighted by atomic mass is 19.4. The topological polar surface area (TPSA) is 97.4 Å². The zero-order valence-corrected chi connectivity index (χ0v) is 20.1. The maximum atomic E-state index is 13.5. The number of aryl methyl sites for hydroxylation is 1. The molecule has 0 saturated carbocycles. The third kappa shape index (κ3) is 4.61. The van der Waals surface area contributed by atoms with Crippen molar-refractivity contribution >= 4 is 17.6 Å². The molecule has 2 amide bonds. The van der Waals surface area contributed by atoms with Gasteiger partial charge in [0.1, 0.15) is 0 Å². The van der Waals surface area contributed by atoms with E-state index in [-0.39, 0.29) is 61.2 Å². The minimum absolute atomic E-state index is 0.0845. The van der Waals surface area contributed by atoms with Gasteiger partial charge in [-0.05, 0) is 36.5 Å². The molecule has 1 saturated heterocycles. The Labute approximate surface area is 215 Å². The van der Waals surface area contributed by atoms with Crippen LogP contribution in [0.15, 0.2) is 28.8 Å². The Balaban J connectivity index is 1.34. The van der Waals surface area contributed by atoms with Crippen LogP contribution in [0.2, 0.25) is 0 Å². The number of hydrogen-bond acceptors (Lipinski definition) is 6. The molecule has 2 aliphatic rings. The van der Waals surface area contributed by atoms with Gasteiger partial charge >= 0.3 is 24.4 Å². The third-order valence-corrected chi connectivity index (χ3v) is 6.73. The molecule has 5 rings (SSSR count). The molecule has 1 aromatic carbocycles. The summed E-state index contributed by atoms with van der Waals surface area (Å²) in [4.78, 5) is 27.1. The molecular formula is C23H19F7N6O3. The fraction of sp³-hybridized carbons (Fsp3) is 0.435. The molecule has 0 unspecified atom stereocenters. The molecule has 4 heterocycles. The van der Waals surface area contributed by atoms with Crippen LogP contribution in [0, 0.1) is 0 Å². The van der Waals surface area contributed by atoms with E-state index in [1.165, 1.54) is 15.6 Å². The molecular weight excluding hydrogens is 541 g/mol. The van der Waals surface area contributed by atoms with Gasteiger partial charge in [-0.25, -0.2) is 0 Å². The monoisotopic (exact) mass is 560 g/mol. The number of fused-ring (bicyclic) bond motifs is 1. The van der Waals surface area contributed by atoms with Crippen LogP contribution in [0.1, 0.15) is 52.6 Å². The predicted molar refractivity (Wildman–Crippen MR) is 118 cm³/mol. The van der Waals surface area contributed by atoms with E-state index in [4.69, 9.17) is 4.42 Å². The second-order valence-corrected chi connectivity index (χ2v) is 9.23. The summed E-state index contributed by atoms with van der Waals surface area (Å²) in [6.07, 6.45) is -7.14. The van der Waals surface area contributed by atoms with Crippen molar-refractivity contribution in [2.24, 2.45) is 7.05 Å². The number of benzene rings is 1. The molecule has 0 bridgehead atoms. The van der Waals surface area contributed by atoms with Gasteiger partial charge in [-0.15, -0.1) is 10.2 Å². The number of carbonyl (C=O) groups is 2. The summed E-state index contributed by atoms with van der Waals surface area (Å²) in [5.41, 5.74) is 1.71. The number of amides is 2. The van der Waals surface area contributed by atoms with Crippen molar-refractivity contribution in [2.45, 2.75) is 43.8 Å². The Morgan fingerprint density at radius 2 is 1.79 bits per heavy atom. The number of anilines is 1. The number of piperidine rings is 1. The van der Waals surface area contributed by atoms with Gasteiger partial charge in [0.2, 0.25) is 5.89 Å². The first-order chi connectivity index (χ1) is 18.3. The number of nitrogens with zero attached hydrogens (tertiary/aromatic N) is 6. The molecule has 2 aromatic heterocycles. The van der Waals surface area contributed by atoms with E-state index < -0.39 is 36.2 Å². The number of halogens is 7. The molecule has 2 aliphatic heterocycles. The van der Waals surface area contributed by atoms with E-state index >= 15 is 0 Å². The maximum absolute atomic E-state index is 13.5. The zero-order chi connectivity index (χ0) is 28.3. The van der Waals surface area contributed by atoms with Gasteiger partial charge in [-0.3, -0.25) is 19.2 Å². The van der Waals surface area contributed by atoms with E-state index in [1.807, 2.05) is 0 Å². The molecule has 1 fully saturated rings. The van der Waals surface area contributed by atoms with E-state index in [1.54, 1.807) is 25.4 Å². The molecule has 0 N–H and O–H groups in total. The molecule has 0 spiro atoms. The lowest BCUT2D eigenvalue weighted by molar-refractivity contribution is -0.274. The summed E-state index contributed by atoms with van der Waals surface area (Å²) in [7, 11) is 1.61. The van der Waals surface area contributed by atoms with Crippen molar-refractivity contribution in [2.75, 3.05) is 18.0 Å². The van der Waals surface area contributed by atoms with Gasteiger partial charge in [0.25, 0.3) is 11.8 Å². The molecule has 0 atom stereocenters. The van der Waals surface area contributed by atoms with Crippen LogP contribution >= 0.6 is 0 Å². The molecule has 0 radical (unpaired) electrons. The number of hydrogen-bond donors (Lipinski definition) is 0. The lowest BCUT2D eigenvalue weighted by atomic mass is 9.90. The van der Waals surface area contributed by atoms with E-state index in [0.717, 1.165) is 0 Å². The number of aromatic nitrogens is 4. The fourth-order valence-electron chi connectivity index (χ4n) is 4.75. The quantitative estimate of drug-likeness (QED) is 0.428. The van der Waals surface area contributed by atoms with Crippen LogP contribution in [-0.2, 0) is 18.4 Å². The highest BCUT2D eigenvalue weighted by Crippen LogP contribution is 2.41. The van der Waals surface area contributed by atoms with Crippen molar-refractivity contribution in [1.29, 1.82) is 0 Å². The van der Waals surface area contributed by atoms with E-state index in [0.29, 0.717) is 16.0 Å². The Morgan fingerprint density at radius 3 is 2.41 bits per heavy atom. The summed E-state index contributed by atoms with van der Waals surface area (Å²) in [5, 5.41) is 11.2. The number of likely N-dealkylation sites (tertiary alicyclic amines) is 1. The van der Waals surface area contributed by atoms with Crippen LogP contribution in [0.4, 0.5) is 36.6 Å². The second kappa shape index (κ2) is 9.34. The Hall–Kier alpha value is -3.98. The van der Waals surface area contributed by atoms with Gasteiger partial charge in [0.05, 0.1) is 6.54 Å². The molecule has 16 heteroatoms. The van der Waals surface area contributed by atoms with Gasteiger partial charge in [-0.1, -0.05) is 6.07 Å². The molecule has 208 valence electrons. The first-order valence-corrected chi connectivity index (χ1v) is 11.6. The lowest BCUT2D eigenvalue weighted by Crippen LogP contribution is -2.53. The molecule has 0 aliphatic carbocycles. The third-order valence-electron chi connectivity index (χ3n) is 6.73. The van der Waals surface area contributed by atoms with Crippen molar-refractivity contribution in [3.05, 3.63) is 47.0 Å². The number of rotatable bonds is 5. The number of carbonyl (C=O) groups excluding carboxylic acids is 2. The lowest BCUT2D eigenvalue weighted by Gasteiger charge is -2.34. The summed E-state index contributed by atoms with van der Waals surface area (Å²) in [5.74, 6) is -9.34. The zero-order valence-electron chi connectivity index (χ0n) is 20.1. The summed E-state index contributed by atoms with van der Waals surface area (Å²) >= 11 is 0. The van der Waals surface area contributed by atoms with Crippen LogP contribution in [-0.4, -0.2) is 61.9 Å². The molecule has 3 aromatic rings. The SMILES string of the molecule is Cn1cc(C2CCN(C(=O)C(F)(F)C(F)(F)F)CC2)c(N2Cc3ccc(-c4nnc(C(F)F)o4)cc3C2=O)n1. The minimum Gasteiger partial charge on any atom is -0.415 e. The highest BCUT2D eigenvalue weighted by Gasteiger charge is 2.64. The second-order valence-electron chi connectivity index (χ2n) is 9.23. The molecule has 9 nitrogen and oxygen atoms in total. The van der Waals surface area contributed by atoms with Gasteiger partial charge in [0.15, 0.2) is 5.82 Å². The van der Waals surface area contributed by atoms with Crippen LogP contribution in [0.3, 0.4) is 0 Å². The average molecular weight is 560 g/mol. The van der Waals surface area contributed by atoms with Crippen LogP contribution in [0.5, 0.6) is 0 Å². The smallest absolute Gasteiger partial charge is 0.415 e. The predicted octanol–water partition coefficient (Wildman–Crippen LogP) is 4.47. The summed E-state index contributed by atoms with van der Waals surface area (Å²) in [6.45, 7) is -0.530. The Morgan fingerprint density at radius 1 is 1.10 bits per heavy atom. The first-order valence-electron chi connectivity index (χ1n) is 11.6. The van der Waals surface area contributed by atoms with Crippen molar-refractivity contribution in [1.82, 2.24) is 24.9 Å². The van der Waals surface area contributed by atoms with Gasteiger partial charge < -0.3 is 9.32 Å². The van der Waals surface area contributed by atoms with Crippen molar-refractivity contribution in [3.63, 3.8) is 0 Å². The van der Waals surface area contributed by atoms with Gasteiger partial charge in [0, 0.05) is 43.0 Å². The standard InChI is InChI=1S/C23H19F7N6O3/c1-34-10-15(11-4-6-35(7-5-11)21(38)22(26,27)23(28,29)30)17(33-34)36-9-13-3-2-12(8-14(13)20(36)37)18-31-32-19(39-18)16(24)25/h2-3,8,10-11,16H,4-7,9H2,1H3. The fourth-order valence-corrected chi connectivity index (χ4v) is 4.75. The minimum atomic E-state index is -5.99. The van der Waals surface area contributed by atoms with Crippen molar-refractivity contribution in [3.8, 4) is 11.5 Å². The summed E-state index contributed by atoms with van der Waals surface area (Å²) < 4.78 is 96.9. The Bertz CT molecular complexity index is 1430. The van der Waals surface area contributed by atoms with Gasteiger partial charge in [-0.2, -0.15) is 35.8 Å². The molecule has 39 heavy (non-hydrogen) atoms. The average Bonchev–Trinajstić information content (AvgIpc) is 3.60. The van der Waals surface area contributed by atoms with E-state index in [9.17, 15) is 40.3 Å². The van der Waals surface area contributed by atoms with Crippen LogP contribution in [0.25, 0.3) is 11.5 Å². The largest absolute Gasteiger partial charge is 0.463 e. The normalized spacial score (nSPS) is 16.9. The number of alkyl halides is 7. The first kappa shape index (κ1) is 26.6. The summed E-state index contributed by atoms with van der Waals surface area (Å²) in [6, 6.07) is 4.59. The van der Waals surface area contributed by atoms with Crippen molar-refractivity contribution < 1.29 is 44.7 Å². The highest BCUT2D eigenvalue weighted by molar-refractivity contribution is 6.10. The van der Waals surface area contributed by atoms with E-state index in [2.05, 4.69) is 15.3 Å².